The van der Waals surface area contributed by atoms with E-state index in [4.69, 9.17) is 0 Å². The molecule has 0 saturated heterocycles. The molecule has 0 heterocycles. The number of hydrogen-bond donors (Lipinski definition) is 1. The molecule has 2 rings (SSSR count). The summed E-state index contributed by atoms with van der Waals surface area (Å²) >= 11 is 0. The highest BCUT2D eigenvalue weighted by atomic mass is 19.2. The third-order valence-corrected chi connectivity index (χ3v) is 2.78. The molecular formula is C15H13F2NO2. The van der Waals surface area contributed by atoms with Crippen molar-refractivity contribution < 1.29 is 18.3 Å². The number of ether oxygens (including phenoxy) is 1. The fourth-order valence-electron chi connectivity index (χ4n) is 1.76. The molecule has 5 heteroatoms. The van der Waals surface area contributed by atoms with E-state index in [1.165, 1.54) is 19.2 Å². The maximum Gasteiger partial charge on any atom is 0.337 e. The number of methoxy groups -OCH3 is 1. The van der Waals surface area contributed by atoms with Crippen molar-refractivity contribution in [3.8, 4) is 0 Å². The van der Waals surface area contributed by atoms with E-state index in [9.17, 15) is 13.6 Å². The second kappa shape index (κ2) is 6.14. The number of halogens is 2. The van der Waals surface area contributed by atoms with Crippen LogP contribution in [0.2, 0.25) is 0 Å². The molecular weight excluding hydrogens is 264 g/mol. The number of esters is 1. The summed E-state index contributed by atoms with van der Waals surface area (Å²) in [6.45, 7) is 0.269. The van der Waals surface area contributed by atoms with Crippen LogP contribution in [-0.4, -0.2) is 13.1 Å². The fourth-order valence-corrected chi connectivity index (χ4v) is 1.76. The quantitative estimate of drug-likeness (QED) is 0.871. The van der Waals surface area contributed by atoms with Crippen LogP contribution < -0.4 is 5.32 Å². The van der Waals surface area contributed by atoms with Crippen molar-refractivity contribution in [2.45, 2.75) is 6.54 Å². The van der Waals surface area contributed by atoms with Crippen molar-refractivity contribution in [3.63, 3.8) is 0 Å². The minimum Gasteiger partial charge on any atom is -0.465 e. The molecule has 0 spiro atoms. The summed E-state index contributed by atoms with van der Waals surface area (Å²) in [5.74, 6) is -2.27. The van der Waals surface area contributed by atoms with E-state index < -0.39 is 17.6 Å². The zero-order valence-electron chi connectivity index (χ0n) is 10.8. The van der Waals surface area contributed by atoms with Crippen LogP contribution in [0.1, 0.15) is 15.9 Å². The first-order valence-electron chi connectivity index (χ1n) is 5.97. The molecule has 20 heavy (non-hydrogen) atoms. The van der Waals surface area contributed by atoms with Gasteiger partial charge in [0.15, 0.2) is 11.6 Å². The number of carbonyl (C=O) groups is 1. The topological polar surface area (TPSA) is 38.3 Å². The maximum atomic E-state index is 13.5. The number of carbonyl (C=O) groups excluding carboxylic acids is 1. The van der Waals surface area contributed by atoms with Gasteiger partial charge in [0.2, 0.25) is 0 Å². The Morgan fingerprint density at radius 1 is 1.20 bits per heavy atom. The average molecular weight is 277 g/mol. The Bertz CT molecular complexity index is 629. The highest BCUT2D eigenvalue weighted by Crippen LogP contribution is 2.17. The summed E-state index contributed by atoms with van der Waals surface area (Å²) in [5.41, 5.74) is 1.25. The van der Waals surface area contributed by atoms with Crippen LogP contribution in [0, 0.1) is 11.6 Å². The van der Waals surface area contributed by atoms with Crippen molar-refractivity contribution in [1.29, 1.82) is 0 Å². The number of rotatable bonds is 4. The SMILES string of the molecule is COC(=O)c1cccc(CNc2cccc(F)c2F)c1. The Balaban J connectivity index is 2.11. The van der Waals surface area contributed by atoms with E-state index in [1.54, 1.807) is 24.3 Å². The van der Waals surface area contributed by atoms with Crippen LogP contribution in [0.25, 0.3) is 0 Å². The molecule has 0 aromatic heterocycles. The Hall–Kier alpha value is -2.43. The molecule has 0 bridgehead atoms. The molecule has 2 aromatic carbocycles. The monoisotopic (exact) mass is 277 g/mol. The lowest BCUT2D eigenvalue weighted by atomic mass is 10.1. The molecule has 2 aromatic rings. The molecule has 0 amide bonds. The molecule has 0 saturated carbocycles. The molecule has 0 fully saturated rings. The van der Waals surface area contributed by atoms with Gasteiger partial charge in [0.05, 0.1) is 18.4 Å². The van der Waals surface area contributed by atoms with Gasteiger partial charge in [-0.1, -0.05) is 18.2 Å². The van der Waals surface area contributed by atoms with Gasteiger partial charge < -0.3 is 10.1 Å². The normalized spacial score (nSPS) is 10.2. The lowest BCUT2D eigenvalue weighted by molar-refractivity contribution is 0.0600. The number of anilines is 1. The predicted molar refractivity (Wildman–Crippen MR) is 71.5 cm³/mol. The van der Waals surface area contributed by atoms with Crippen LogP contribution >= 0.6 is 0 Å². The predicted octanol–water partition coefficient (Wildman–Crippen LogP) is 3.36. The third-order valence-electron chi connectivity index (χ3n) is 2.78. The highest BCUT2D eigenvalue weighted by Gasteiger charge is 2.08. The molecule has 0 aliphatic rings. The number of benzene rings is 2. The van der Waals surface area contributed by atoms with Crippen LogP contribution in [0.5, 0.6) is 0 Å². The smallest absolute Gasteiger partial charge is 0.337 e. The van der Waals surface area contributed by atoms with Crippen molar-refractivity contribution in [2.75, 3.05) is 12.4 Å². The molecule has 1 N–H and O–H groups in total. The zero-order valence-corrected chi connectivity index (χ0v) is 10.8. The summed E-state index contributed by atoms with van der Waals surface area (Å²) in [5, 5.41) is 2.79. The van der Waals surface area contributed by atoms with Gasteiger partial charge in [-0.25, -0.2) is 13.6 Å². The molecule has 0 unspecified atom stereocenters. The van der Waals surface area contributed by atoms with Gasteiger partial charge in [0, 0.05) is 6.54 Å². The lowest BCUT2D eigenvalue weighted by Crippen LogP contribution is -2.05. The Morgan fingerprint density at radius 3 is 2.70 bits per heavy atom. The van der Waals surface area contributed by atoms with Gasteiger partial charge in [0.25, 0.3) is 0 Å². The van der Waals surface area contributed by atoms with E-state index in [0.717, 1.165) is 11.6 Å². The maximum absolute atomic E-state index is 13.5. The highest BCUT2D eigenvalue weighted by molar-refractivity contribution is 5.89. The summed E-state index contributed by atoms with van der Waals surface area (Å²) < 4.78 is 31.1. The van der Waals surface area contributed by atoms with Crippen molar-refractivity contribution in [3.05, 3.63) is 65.2 Å². The Labute approximate surface area is 115 Å². The first-order valence-corrected chi connectivity index (χ1v) is 5.97. The lowest BCUT2D eigenvalue weighted by Gasteiger charge is -2.09. The summed E-state index contributed by atoms with van der Waals surface area (Å²) in [6.07, 6.45) is 0. The Morgan fingerprint density at radius 2 is 1.95 bits per heavy atom. The molecule has 0 radical (unpaired) electrons. The minimum absolute atomic E-state index is 0.0773. The number of nitrogens with one attached hydrogen (secondary N) is 1. The second-order valence-electron chi connectivity index (χ2n) is 4.15. The molecule has 0 atom stereocenters. The summed E-state index contributed by atoms with van der Waals surface area (Å²) in [4.78, 5) is 11.4. The Kier molecular flexibility index (Phi) is 4.30. The average Bonchev–Trinajstić information content (AvgIpc) is 2.48. The summed E-state index contributed by atoms with van der Waals surface area (Å²) in [7, 11) is 1.30. The first kappa shape index (κ1) is 14.0. The molecule has 0 aliphatic heterocycles. The minimum atomic E-state index is -0.920. The number of hydrogen-bond acceptors (Lipinski definition) is 3. The first-order chi connectivity index (χ1) is 9.61. The standard InChI is InChI=1S/C15H13F2NO2/c1-20-15(19)11-5-2-4-10(8-11)9-18-13-7-3-6-12(16)14(13)17/h2-8,18H,9H2,1H3. The largest absolute Gasteiger partial charge is 0.465 e. The molecule has 3 nitrogen and oxygen atoms in total. The van der Waals surface area contributed by atoms with Crippen LogP contribution in [0.4, 0.5) is 14.5 Å². The third kappa shape index (κ3) is 3.12. The van der Waals surface area contributed by atoms with Gasteiger partial charge >= 0.3 is 5.97 Å². The van der Waals surface area contributed by atoms with E-state index in [1.807, 2.05) is 0 Å². The van der Waals surface area contributed by atoms with Gasteiger partial charge in [-0.2, -0.15) is 0 Å². The van der Waals surface area contributed by atoms with Gasteiger partial charge in [0.1, 0.15) is 0 Å². The van der Waals surface area contributed by atoms with E-state index in [0.29, 0.717) is 5.56 Å². The second-order valence-corrected chi connectivity index (χ2v) is 4.15. The van der Waals surface area contributed by atoms with Crippen molar-refractivity contribution in [2.24, 2.45) is 0 Å². The van der Waals surface area contributed by atoms with Crippen LogP contribution in [0.15, 0.2) is 42.5 Å². The van der Waals surface area contributed by atoms with E-state index in [2.05, 4.69) is 10.1 Å². The fraction of sp³-hybridized carbons (Fsp3) is 0.133. The zero-order chi connectivity index (χ0) is 14.5. The molecule has 0 aliphatic carbocycles. The van der Waals surface area contributed by atoms with E-state index >= 15 is 0 Å². The van der Waals surface area contributed by atoms with E-state index in [-0.39, 0.29) is 12.2 Å². The van der Waals surface area contributed by atoms with Gasteiger partial charge in [-0.3, -0.25) is 0 Å². The van der Waals surface area contributed by atoms with Crippen LogP contribution in [0.3, 0.4) is 0 Å². The molecule has 104 valence electrons. The van der Waals surface area contributed by atoms with Crippen molar-refractivity contribution in [1.82, 2.24) is 0 Å². The summed E-state index contributed by atoms with van der Waals surface area (Å²) in [6, 6.07) is 10.7. The van der Waals surface area contributed by atoms with Gasteiger partial charge in [-0.05, 0) is 29.8 Å². The van der Waals surface area contributed by atoms with Gasteiger partial charge in [-0.15, -0.1) is 0 Å². The van der Waals surface area contributed by atoms with Crippen LogP contribution in [-0.2, 0) is 11.3 Å². The van der Waals surface area contributed by atoms with Crippen molar-refractivity contribution >= 4 is 11.7 Å².